The third kappa shape index (κ3) is 4.40. The summed E-state index contributed by atoms with van der Waals surface area (Å²) in [5, 5.41) is 3.20. The Morgan fingerprint density at radius 1 is 0.969 bits per heavy atom. The Hall–Kier alpha value is -3.16. The minimum absolute atomic E-state index is 0.274. The van der Waals surface area contributed by atoms with Crippen LogP contribution in [0.4, 0.5) is 5.69 Å². The molecule has 0 saturated carbocycles. The molecule has 168 valence electrons. The Morgan fingerprint density at radius 3 is 2.44 bits per heavy atom. The van der Waals surface area contributed by atoms with E-state index in [1.807, 2.05) is 56.3 Å². The number of anilines is 1. The van der Waals surface area contributed by atoms with E-state index >= 15 is 0 Å². The van der Waals surface area contributed by atoms with Gasteiger partial charge in [0.05, 0.1) is 31.6 Å². The number of nitrogens with one attached hydrogen (secondary N) is 1. The van der Waals surface area contributed by atoms with E-state index in [4.69, 9.17) is 9.47 Å². The van der Waals surface area contributed by atoms with Crippen LogP contribution in [0.15, 0.2) is 48.2 Å². The van der Waals surface area contributed by atoms with E-state index < -0.39 is 0 Å². The molecule has 7 nitrogen and oxygen atoms in total. The molecule has 0 atom stereocenters. The molecule has 2 aliphatic heterocycles. The predicted octanol–water partition coefficient (Wildman–Crippen LogP) is 2.84. The second-order valence-electron chi connectivity index (χ2n) is 8.09. The number of para-hydroxylation sites is 2. The molecule has 2 aromatic rings. The molecule has 2 heterocycles. The van der Waals surface area contributed by atoms with Crippen molar-refractivity contribution in [1.29, 1.82) is 0 Å². The van der Waals surface area contributed by atoms with Crippen LogP contribution >= 0.6 is 0 Å². The molecular weight excluding hydrogens is 406 g/mol. The van der Waals surface area contributed by atoms with Gasteiger partial charge in [0.1, 0.15) is 11.4 Å². The van der Waals surface area contributed by atoms with Gasteiger partial charge in [0.15, 0.2) is 0 Å². The standard InChI is InChI=1S/C25H29N3O4/c1-17-8-9-19(16-18(17)2)22-23(26-20-6-4-5-7-21(20)31-3)25(30)28(24(22)29)11-10-27-12-14-32-15-13-27/h4-9,16,26H,10-15H2,1-3H3. The Bertz CT molecular complexity index is 1060. The molecule has 2 aromatic carbocycles. The fourth-order valence-electron chi connectivity index (χ4n) is 4.01. The van der Waals surface area contributed by atoms with Gasteiger partial charge in [0, 0.05) is 26.2 Å². The van der Waals surface area contributed by atoms with Crippen molar-refractivity contribution in [1.82, 2.24) is 9.80 Å². The summed E-state index contributed by atoms with van der Waals surface area (Å²) in [5.41, 5.74) is 4.25. The van der Waals surface area contributed by atoms with E-state index in [0.717, 1.165) is 29.8 Å². The smallest absolute Gasteiger partial charge is 0.278 e. The molecule has 2 amide bonds. The van der Waals surface area contributed by atoms with Crippen molar-refractivity contribution in [3.05, 3.63) is 64.9 Å². The number of hydrogen-bond acceptors (Lipinski definition) is 6. The maximum atomic E-state index is 13.5. The summed E-state index contributed by atoms with van der Waals surface area (Å²) >= 11 is 0. The molecular formula is C25H29N3O4. The SMILES string of the molecule is COc1ccccc1NC1=C(c2ccc(C)c(C)c2)C(=O)N(CCN2CCOCC2)C1=O. The first-order chi connectivity index (χ1) is 15.5. The number of nitrogens with zero attached hydrogens (tertiary/aromatic N) is 2. The van der Waals surface area contributed by atoms with Gasteiger partial charge >= 0.3 is 0 Å². The van der Waals surface area contributed by atoms with Crippen molar-refractivity contribution in [2.45, 2.75) is 13.8 Å². The van der Waals surface area contributed by atoms with Crippen LogP contribution < -0.4 is 10.1 Å². The average Bonchev–Trinajstić information content (AvgIpc) is 3.04. The first kappa shape index (κ1) is 22.0. The minimum atomic E-state index is -0.317. The summed E-state index contributed by atoms with van der Waals surface area (Å²) in [7, 11) is 1.58. The molecule has 0 bridgehead atoms. The zero-order valence-corrected chi connectivity index (χ0v) is 18.8. The molecule has 0 unspecified atom stereocenters. The number of carbonyl (C=O) groups excluding carboxylic acids is 2. The first-order valence-corrected chi connectivity index (χ1v) is 10.9. The highest BCUT2D eigenvalue weighted by atomic mass is 16.5. The number of ether oxygens (including phenoxy) is 2. The lowest BCUT2D eigenvalue weighted by Crippen LogP contribution is -2.43. The number of hydrogen-bond donors (Lipinski definition) is 1. The molecule has 0 radical (unpaired) electrons. The Kier molecular flexibility index (Phi) is 6.58. The molecule has 2 aliphatic rings. The topological polar surface area (TPSA) is 71.1 Å². The third-order valence-corrected chi connectivity index (χ3v) is 6.07. The van der Waals surface area contributed by atoms with E-state index in [0.29, 0.717) is 43.3 Å². The summed E-state index contributed by atoms with van der Waals surface area (Å²) in [6.07, 6.45) is 0. The van der Waals surface area contributed by atoms with Crippen molar-refractivity contribution in [2.75, 3.05) is 51.8 Å². The highest BCUT2D eigenvalue weighted by molar-refractivity contribution is 6.36. The molecule has 1 saturated heterocycles. The van der Waals surface area contributed by atoms with Gasteiger partial charge in [0.25, 0.3) is 11.8 Å². The van der Waals surface area contributed by atoms with Gasteiger partial charge < -0.3 is 14.8 Å². The second kappa shape index (κ2) is 9.54. The molecule has 0 aromatic heterocycles. The summed E-state index contributed by atoms with van der Waals surface area (Å²) in [6.45, 7) is 7.96. The van der Waals surface area contributed by atoms with E-state index in [-0.39, 0.29) is 17.5 Å². The first-order valence-electron chi connectivity index (χ1n) is 10.9. The summed E-state index contributed by atoms with van der Waals surface area (Å²) in [5.74, 6) is 0.0118. The van der Waals surface area contributed by atoms with E-state index in [1.54, 1.807) is 7.11 Å². The predicted molar refractivity (Wildman–Crippen MR) is 123 cm³/mol. The third-order valence-electron chi connectivity index (χ3n) is 6.07. The quantitative estimate of drug-likeness (QED) is 0.675. The van der Waals surface area contributed by atoms with Crippen LogP contribution in [-0.4, -0.2) is 68.1 Å². The number of carbonyl (C=O) groups is 2. The normalized spacial score (nSPS) is 17.3. The zero-order chi connectivity index (χ0) is 22.7. The zero-order valence-electron chi connectivity index (χ0n) is 18.8. The number of rotatable bonds is 7. The number of aryl methyl sites for hydroxylation is 2. The fourth-order valence-corrected chi connectivity index (χ4v) is 4.01. The molecule has 32 heavy (non-hydrogen) atoms. The second-order valence-corrected chi connectivity index (χ2v) is 8.09. The Balaban J connectivity index is 1.67. The van der Waals surface area contributed by atoms with Gasteiger partial charge in [-0.2, -0.15) is 0 Å². The van der Waals surface area contributed by atoms with Crippen molar-refractivity contribution in [3.63, 3.8) is 0 Å². The largest absolute Gasteiger partial charge is 0.495 e. The van der Waals surface area contributed by atoms with Crippen molar-refractivity contribution in [2.24, 2.45) is 0 Å². The molecule has 0 spiro atoms. The van der Waals surface area contributed by atoms with Crippen LogP contribution in [-0.2, 0) is 14.3 Å². The van der Waals surface area contributed by atoms with Gasteiger partial charge in [-0.05, 0) is 42.7 Å². The number of morpholine rings is 1. The molecule has 1 N–H and O–H groups in total. The van der Waals surface area contributed by atoms with Crippen molar-refractivity contribution in [3.8, 4) is 5.75 Å². The van der Waals surface area contributed by atoms with Gasteiger partial charge in [-0.1, -0.05) is 30.3 Å². The van der Waals surface area contributed by atoms with Crippen LogP contribution in [0.2, 0.25) is 0 Å². The lowest BCUT2D eigenvalue weighted by atomic mass is 9.99. The average molecular weight is 436 g/mol. The molecule has 0 aliphatic carbocycles. The van der Waals surface area contributed by atoms with Crippen LogP contribution in [0.25, 0.3) is 5.57 Å². The summed E-state index contributed by atoms with van der Waals surface area (Å²) in [6, 6.07) is 13.2. The summed E-state index contributed by atoms with van der Waals surface area (Å²) < 4.78 is 10.8. The number of amides is 2. The van der Waals surface area contributed by atoms with Gasteiger partial charge in [0.2, 0.25) is 0 Å². The van der Waals surface area contributed by atoms with Crippen LogP contribution in [0, 0.1) is 13.8 Å². The lowest BCUT2D eigenvalue weighted by Gasteiger charge is -2.28. The van der Waals surface area contributed by atoms with Gasteiger partial charge in [-0.25, -0.2) is 0 Å². The highest BCUT2D eigenvalue weighted by Gasteiger charge is 2.39. The van der Waals surface area contributed by atoms with Crippen LogP contribution in [0.1, 0.15) is 16.7 Å². The fraction of sp³-hybridized carbons (Fsp3) is 0.360. The van der Waals surface area contributed by atoms with E-state index in [1.165, 1.54) is 4.90 Å². The Labute approximate surface area is 188 Å². The number of methoxy groups -OCH3 is 1. The van der Waals surface area contributed by atoms with Crippen LogP contribution in [0.5, 0.6) is 5.75 Å². The van der Waals surface area contributed by atoms with Gasteiger partial charge in [-0.15, -0.1) is 0 Å². The van der Waals surface area contributed by atoms with Gasteiger partial charge in [-0.3, -0.25) is 19.4 Å². The minimum Gasteiger partial charge on any atom is -0.495 e. The number of imide groups is 1. The van der Waals surface area contributed by atoms with E-state index in [2.05, 4.69) is 10.2 Å². The molecule has 7 heteroatoms. The highest BCUT2D eigenvalue weighted by Crippen LogP contribution is 2.33. The number of benzene rings is 2. The van der Waals surface area contributed by atoms with Crippen molar-refractivity contribution < 1.29 is 19.1 Å². The maximum Gasteiger partial charge on any atom is 0.278 e. The van der Waals surface area contributed by atoms with E-state index in [9.17, 15) is 9.59 Å². The molecule has 1 fully saturated rings. The van der Waals surface area contributed by atoms with Crippen molar-refractivity contribution >= 4 is 23.1 Å². The lowest BCUT2D eigenvalue weighted by molar-refractivity contribution is -0.137. The molecule has 4 rings (SSSR count). The monoisotopic (exact) mass is 435 g/mol. The summed E-state index contributed by atoms with van der Waals surface area (Å²) in [4.78, 5) is 30.5. The Morgan fingerprint density at radius 2 is 1.72 bits per heavy atom. The van der Waals surface area contributed by atoms with Crippen LogP contribution in [0.3, 0.4) is 0 Å². The maximum absolute atomic E-state index is 13.5.